The van der Waals surface area contributed by atoms with Gasteiger partial charge in [-0.15, -0.1) is 11.8 Å². The summed E-state index contributed by atoms with van der Waals surface area (Å²) in [6.45, 7) is 1.10. The van der Waals surface area contributed by atoms with Crippen molar-refractivity contribution in [1.29, 1.82) is 0 Å². The van der Waals surface area contributed by atoms with Gasteiger partial charge in [0.2, 0.25) is 0 Å². The zero-order chi connectivity index (χ0) is 12.7. The first-order valence-electron chi connectivity index (χ1n) is 7.16. The minimum Gasteiger partial charge on any atom is -0.334 e. The van der Waals surface area contributed by atoms with Crippen molar-refractivity contribution in [3.63, 3.8) is 0 Å². The molecule has 0 saturated heterocycles. The van der Waals surface area contributed by atoms with Gasteiger partial charge in [-0.1, -0.05) is 18.2 Å². The molecule has 3 heteroatoms. The van der Waals surface area contributed by atoms with Gasteiger partial charge in [-0.25, -0.2) is 4.98 Å². The minimum absolute atomic E-state index is 0.654. The lowest BCUT2D eigenvalue weighted by molar-refractivity contribution is 0.559. The molecule has 0 bridgehead atoms. The lowest BCUT2D eigenvalue weighted by Crippen LogP contribution is -2.13. The van der Waals surface area contributed by atoms with E-state index in [1.165, 1.54) is 53.3 Å². The highest BCUT2D eigenvalue weighted by molar-refractivity contribution is 7.99. The van der Waals surface area contributed by atoms with Crippen molar-refractivity contribution in [2.45, 2.75) is 43.0 Å². The lowest BCUT2D eigenvalue weighted by Gasteiger charge is -2.17. The number of thioether (sulfide) groups is 1. The molecule has 1 aromatic heterocycles. The number of hydrogen-bond donors (Lipinski definition) is 0. The lowest BCUT2D eigenvalue weighted by atomic mass is 9.99. The van der Waals surface area contributed by atoms with Crippen molar-refractivity contribution in [2.24, 2.45) is 0 Å². The molecule has 0 amide bonds. The van der Waals surface area contributed by atoms with Crippen LogP contribution in [0.5, 0.6) is 0 Å². The molecule has 1 aliphatic carbocycles. The Hall–Kier alpha value is -1.22. The summed E-state index contributed by atoms with van der Waals surface area (Å²) in [6, 6.07) is 8.86. The molecule has 2 aromatic rings. The van der Waals surface area contributed by atoms with Crippen molar-refractivity contribution < 1.29 is 0 Å². The molecule has 98 valence electrons. The van der Waals surface area contributed by atoms with Crippen LogP contribution in [-0.4, -0.2) is 15.3 Å². The molecular formula is C16H18N2S. The Morgan fingerprint density at radius 1 is 1.21 bits per heavy atom. The van der Waals surface area contributed by atoms with Crippen LogP contribution in [0, 0.1) is 0 Å². The summed E-state index contributed by atoms with van der Waals surface area (Å²) in [4.78, 5) is 6.08. The Morgan fingerprint density at radius 2 is 2.11 bits per heavy atom. The van der Waals surface area contributed by atoms with Crippen molar-refractivity contribution in [3.05, 3.63) is 47.5 Å². The summed E-state index contributed by atoms with van der Waals surface area (Å²) < 4.78 is 2.42. The van der Waals surface area contributed by atoms with Gasteiger partial charge in [0, 0.05) is 28.8 Å². The van der Waals surface area contributed by atoms with Gasteiger partial charge in [-0.2, -0.15) is 0 Å². The number of aryl methyl sites for hydroxylation is 1. The molecule has 1 unspecified atom stereocenters. The van der Waals surface area contributed by atoms with Gasteiger partial charge < -0.3 is 4.57 Å². The smallest absolute Gasteiger partial charge is 0.0951 e. The molecule has 19 heavy (non-hydrogen) atoms. The second-order valence-corrected chi connectivity index (χ2v) is 6.61. The summed E-state index contributed by atoms with van der Waals surface area (Å²) in [6.07, 6.45) is 7.11. The van der Waals surface area contributed by atoms with Gasteiger partial charge in [0.1, 0.15) is 0 Å². The molecule has 2 heterocycles. The predicted molar refractivity (Wildman–Crippen MR) is 78.8 cm³/mol. The maximum absolute atomic E-state index is 4.61. The van der Waals surface area contributed by atoms with Gasteiger partial charge >= 0.3 is 0 Å². The van der Waals surface area contributed by atoms with E-state index < -0.39 is 0 Å². The van der Waals surface area contributed by atoms with Crippen molar-refractivity contribution >= 4 is 11.8 Å². The average Bonchev–Trinajstić information content (AvgIpc) is 3.05. The quantitative estimate of drug-likeness (QED) is 0.829. The van der Waals surface area contributed by atoms with E-state index >= 15 is 0 Å². The highest BCUT2D eigenvalue weighted by Gasteiger charge is 2.24. The van der Waals surface area contributed by atoms with E-state index in [0.717, 1.165) is 6.54 Å². The molecule has 1 aromatic carbocycles. The van der Waals surface area contributed by atoms with Gasteiger partial charge in [-0.3, -0.25) is 0 Å². The first kappa shape index (κ1) is 11.6. The number of rotatable bonds is 2. The molecule has 1 aliphatic heterocycles. The maximum atomic E-state index is 4.61. The number of imidazole rings is 1. The van der Waals surface area contributed by atoms with Crippen LogP contribution in [0.4, 0.5) is 0 Å². The van der Waals surface area contributed by atoms with E-state index in [0.29, 0.717) is 5.92 Å². The van der Waals surface area contributed by atoms with Crippen LogP contribution in [0.15, 0.2) is 35.5 Å². The molecule has 0 N–H and O–H groups in total. The fourth-order valence-electron chi connectivity index (χ4n) is 3.31. The van der Waals surface area contributed by atoms with Crippen LogP contribution in [0.25, 0.3) is 0 Å². The van der Waals surface area contributed by atoms with Crippen LogP contribution in [0.3, 0.4) is 0 Å². The Labute approximate surface area is 118 Å². The van der Waals surface area contributed by atoms with E-state index in [2.05, 4.69) is 40.1 Å². The predicted octanol–water partition coefficient (Wildman–Crippen LogP) is 3.65. The Bertz CT molecular complexity index is 603. The minimum atomic E-state index is 0.654. The van der Waals surface area contributed by atoms with Crippen molar-refractivity contribution in [2.75, 3.05) is 5.75 Å². The second-order valence-electron chi connectivity index (χ2n) is 5.54. The van der Waals surface area contributed by atoms with E-state index in [4.69, 9.17) is 0 Å². The summed E-state index contributed by atoms with van der Waals surface area (Å²) >= 11 is 2.00. The summed E-state index contributed by atoms with van der Waals surface area (Å²) in [7, 11) is 0. The van der Waals surface area contributed by atoms with Gasteiger partial charge in [0.15, 0.2) is 0 Å². The normalized spacial score (nSPS) is 21.2. The monoisotopic (exact) mass is 270 g/mol. The molecule has 4 rings (SSSR count). The zero-order valence-electron chi connectivity index (χ0n) is 11.0. The Morgan fingerprint density at radius 3 is 3.11 bits per heavy atom. The Kier molecular flexibility index (Phi) is 2.87. The van der Waals surface area contributed by atoms with Crippen LogP contribution in [0.1, 0.15) is 35.7 Å². The molecule has 0 radical (unpaired) electrons. The third-order valence-electron chi connectivity index (χ3n) is 4.33. The summed E-state index contributed by atoms with van der Waals surface area (Å²) in [5.41, 5.74) is 4.39. The number of nitrogens with zero attached hydrogens (tertiary/aromatic N) is 2. The standard InChI is InChI=1S/C16H18N2S/c1-4-8-16-13(5-1)12(10-19-16)9-18-11-17-14-6-2-3-7-15(14)18/h1,4-5,8,11-12H,2-3,6-7,9-10H2. The molecule has 2 aliphatic rings. The molecule has 0 spiro atoms. The number of aromatic nitrogens is 2. The SMILES string of the molecule is c1ccc2c(c1)SCC2Cn1cnc2c1CCCC2. The fourth-order valence-corrected chi connectivity index (χ4v) is 4.55. The van der Waals surface area contributed by atoms with Gasteiger partial charge in [0.05, 0.1) is 12.0 Å². The van der Waals surface area contributed by atoms with E-state index in [-0.39, 0.29) is 0 Å². The molecule has 0 fully saturated rings. The first-order chi connectivity index (χ1) is 9.42. The van der Waals surface area contributed by atoms with Crippen molar-refractivity contribution in [1.82, 2.24) is 9.55 Å². The average molecular weight is 270 g/mol. The molecule has 2 nitrogen and oxygen atoms in total. The zero-order valence-corrected chi connectivity index (χ0v) is 11.8. The summed E-state index contributed by atoms with van der Waals surface area (Å²) in [5.74, 6) is 1.87. The third kappa shape index (κ3) is 2.00. The van der Waals surface area contributed by atoms with E-state index in [1.807, 2.05) is 11.8 Å². The molecule has 1 atom stereocenters. The van der Waals surface area contributed by atoms with Gasteiger partial charge in [-0.05, 0) is 37.3 Å². The van der Waals surface area contributed by atoms with Gasteiger partial charge in [0.25, 0.3) is 0 Å². The van der Waals surface area contributed by atoms with E-state index in [1.54, 1.807) is 0 Å². The van der Waals surface area contributed by atoms with Crippen LogP contribution >= 0.6 is 11.8 Å². The first-order valence-corrected chi connectivity index (χ1v) is 8.15. The van der Waals surface area contributed by atoms with E-state index in [9.17, 15) is 0 Å². The molecule has 0 saturated carbocycles. The highest BCUT2D eigenvalue weighted by Crippen LogP contribution is 2.40. The van der Waals surface area contributed by atoms with Crippen LogP contribution in [0.2, 0.25) is 0 Å². The fraction of sp³-hybridized carbons (Fsp3) is 0.438. The van der Waals surface area contributed by atoms with Crippen LogP contribution < -0.4 is 0 Å². The summed E-state index contributed by atoms with van der Waals surface area (Å²) in [5, 5.41) is 0. The molecular weight excluding hydrogens is 252 g/mol. The van der Waals surface area contributed by atoms with Crippen molar-refractivity contribution in [3.8, 4) is 0 Å². The number of hydrogen-bond acceptors (Lipinski definition) is 2. The number of benzene rings is 1. The highest BCUT2D eigenvalue weighted by atomic mass is 32.2. The third-order valence-corrected chi connectivity index (χ3v) is 5.58. The maximum Gasteiger partial charge on any atom is 0.0951 e. The van der Waals surface area contributed by atoms with Crippen LogP contribution in [-0.2, 0) is 19.4 Å². The topological polar surface area (TPSA) is 17.8 Å². The second kappa shape index (κ2) is 4.71. The number of fused-ring (bicyclic) bond motifs is 2. The largest absolute Gasteiger partial charge is 0.334 e. The Balaban J connectivity index is 1.61.